The van der Waals surface area contributed by atoms with Crippen LogP contribution in [-0.2, 0) is 9.47 Å². The largest absolute Gasteiger partial charge is 0.381 e. The SMILES string of the molecule is CC1OCC2COCC21. The fourth-order valence-electron chi connectivity index (χ4n) is 1.70. The van der Waals surface area contributed by atoms with E-state index in [-0.39, 0.29) is 0 Å². The van der Waals surface area contributed by atoms with E-state index in [0.29, 0.717) is 17.9 Å². The molecule has 2 saturated heterocycles. The number of hydrogen-bond acceptors (Lipinski definition) is 2. The van der Waals surface area contributed by atoms with Gasteiger partial charge in [0, 0.05) is 11.8 Å². The molecule has 0 spiro atoms. The van der Waals surface area contributed by atoms with Gasteiger partial charge in [0.15, 0.2) is 0 Å². The summed E-state index contributed by atoms with van der Waals surface area (Å²) in [7, 11) is 0. The summed E-state index contributed by atoms with van der Waals surface area (Å²) in [6, 6.07) is 0. The highest BCUT2D eigenvalue weighted by Gasteiger charge is 2.38. The molecule has 0 aromatic heterocycles. The zero-order valence-electron chi connectivity index (χ0n) is 5.67. The van der Waals surface area contributed by atoms with Gasteiger partial charge in [0.2, 0.25) is 0 Å². The summed E-state index contributed by atoms with van der Waals surface area (Å²) in [4.78, 5) is 0. The molecule has 0 radical (unpaired) electrons. The summed E-state index contributed by atoms with van der Waals surface area (Å²) >= 11 is 0. The van der Waals surface area contributed by atoms with Crippen LogP contribution in [0.5, 0.6) is 0 Å². The lowest BCUT2D eigenvalue weighted by Gasteiger charge is -2.07. The molecule has 2 aliphatic heterocycles. The summed E-state index contributed by atoms with van der Waals surface area (Å²) in [6.45, 7) is 4.91. The van der Waals surface area contributed by atoms with E-state index in [0.717, 1.165) is 19.8 Å². The van der Waals surface area contributed by atoms with E-state index in [1.54, 1.807) is 0 Å². The summed E-state index contributed by atoms with van der Waals surface area (Å²) in [5.41, 5.74) is 0. The maximum absolute atomic E-state index is 5.44. The minimum Gasteiger partial charge on any atom is -0.381 e. The van der Waals surface area contributed by atoms with Gasteiger partial charge < -0.3 is 9.47 Å². The number of fused-ring (bicyclic) bond motifs is 1. The molecule has 0 aromatic rings. The Hall–Kier alpha value is -0.0800. The molecule has 3 unspecified atom stereocenters. The molecule has 0 aliphatic carbocycles. The van der Waals surface area contributed by atoms with Crippen LogP contribution in [0.15, 0.2) is 0 Å². The normalized spacial score (nSPS) is 49.7. The molecule has 0 aromatic carbocycles. The van der Waals surface area contributed by atoms with E-state index in [4.69, 9.17) is 9.47 Å². The van der Waals surface area contributed by atoms with Crippen molar-refractivity contribution in [1.29, 1.82) is 0 Å². The summed E-state index contributed by atoms with van der Waals surface area (Å²) in [5, 5.41) is 0. The standard InChI is InChI=1S/C7H12O2/c1-5-7-4-8-2-6(7)3-9-5/h5-7H,2-4H2,1H3. The van der Waals surface area contributed by atoms with Crippen LogP contribution < -0.4 is 0 Å². The van der Waals surface area contributed by atoms with Crippen molar-refractivity contribution in [2.45, 2.75) is 13.0 Å². The van der Waals surface area contributed by atoms with Gasteiger partial charge in [-0.2, -0.15) is 0 Å². The average Bonchev–Trinajstić information content (AvgIpc) is 2.35. The zero-order valence-corrected chi connectivity index (χ0v) is 5.67. The molecule has 2 heterocycles. The van der Waals surface area contributed by atoms with Gasteiger partial charge in [0.25, 0.3) is 0 Å². The van der Waals surface area contributed by atoms with Crippen LogP contribution in [0.2, 0.25) is 0 Å². The molecular weight excluding hydrogens is 116 g/mol. The van der Waals surface area contributed by atoms with Crippen LogP contribution in [0.3, 0.4) is 0 Å². The first-order valence-electron chi connectivity index (χ1n) is 3.57. The highest BCUT2D eigenvalue weighted by molar-refractivity contribution is 4.84. The van der Waals surface area contributed by atoms with Gasteiger partial charge in [0.05, 0.1) is 25.9 Å². The Labute approximate surface area is 55.1 Å². The van der Waals surface area contributed by atoms with Crippen molar-refractivity contribution in [3.8, 4) is 0 Å². The Balaban J connectivity index is 2.07. The van der Waals surface area contributed by atoms with Crippen molar-refractivity contribution in [3.05, 3.63) is 0 Å². The van der Waals surface area contributed by atoms with Gasteiger partial charge in [0.1, 0.15) is 0 Å². The second kappa shape index (κ2) is 1.96. The van der Waals surface area contributed by atoms with Crippen molar-refractivity contribution in [2.24, 2.45) is 11.8 Å². The molecule has 3 atom stereocenters. The van der Waals surface area contributed by atoms with Crippen LogP contribution in [0.1, 0.15) is 6.92 Å². The van der Waals surface area contributed by atoms with Gasteiger partial charge >= 0.3 is 0 Å². The predicted molar refractivity (Wildman–Crippen MR) is 33.2 cm³/mol. The number of hydrogen-bond donors (Lipinski definition) is 0. The van der Waals surface area contributed by atoms with E-state index in [2.05, 4.69) is 6.92 Å². The lowest BCUT2D eigenvalue weighted by atomic mass is 9.96. The van der Waals surface area contributed by atoms with Gasteiger partial charge in [-0.25, -0.2) is 0 Å². The van der Waals surface area contributed by atoms with E-state index in [1.807, 2.05) is 0 Å². The zero-order chi connectivity index (χ0) is 6.27. The second-order valence-corrected chi connectivity index (χ2v) is 3.00. The second-order valence-electron chi connectivity index (χ2n) is 3.00. The van der Waals surface area contributed by atoms with Crippen LogP contribution in [0.25, 0.3) is 0 Å². The molecule has 2 nitrogen and oxygen atoms in total. The molecule has 52 valence electrons. The third-order valence-corrected chi connectivity index (χ3v) is 2.42. The summed E-state index contributed by atoms with van der Waals surface area (Å²) in [6.07, 6.45) is 0.442. The maximum atomic E-state index is 5.44. The highest BCUT2D eigenvalue weighted by atomic mass is 16.5. The Kier molecular flexibility index (Phi) is 1.24. The minimum atomic E-state index is 0.442. The first kappa shape index (κ1) is 5.69. The van der Waals surface area contributed by atoms with Crippen molar-refractivity contribution in [1.82, 2.24) is 0 Å². The van der Waals surface area contributed by atoms with E-state index in [1.165, 1.54) is 0 Å². The van der Waals surface area contributed by atoms with E-state index < -0.39 is 0 Å². The first-order valence-corrected chi connectivity index (χ1v) is 3.57. The average molecular weight is 128 g/mol. The summed E-state index contributed by atoms with van der Waals surface area (Å²) in [5.74, 6) is 1.41. The predicted octanol–water partition coefficient (Wildman–Crippen LogP) is 0.668. The fourth-order valence-corrected chi connectivity index (χ4v) is 1.70. The van der Waals surface area contributed by atoms with Crippen molar-refractivity contribution < 1.29 is 9.47 Å². The fraction of sp³-hybridized carbons (Fsp3) is 1.00. The van der Waals surface area contributed by atoms with Gasteiger partial charge in [-0.05, 0) is 6.92 Å². The molecule has 0 amide bonds. The molecular formula is C7H12O2. The number of ether oxygens (including phenoxy) is 2. The van der Waals surface area contributed by atoms with Crippen LogP contribution in [0.4, 0.5) is 0 Å². The van der Waals surface area contributed by atoms with Crippen LogP contribution in [0, 0.1) is 11.8 Å². The Morgan fingerprint density at radius 3 is 2.89 bits per heavy atom. The molecule has 2 heteroatoms. The first-order chi connectivity index (χ1) is 4.38. The molecule has 9 heavy (non-hydrogen) atoms. The van der Waals surface area contributed by atoms with Gasteiger partial charge in [-0.3, -0.25) is 0 Å². The third-order valence-electron chi connectivity index (χ3n) is 2.42. The minimum absolute atomic E-state index is 0.442. The lowest BCUT2D eigenvalue weighted by molar-refractivity contribution is 0.0610. The smallest absolute Gasteiger partial charge is 0.0601 e. The maximum Gasteiger partial charge on any atom is 0.0601 e. The molecule has 0 bridgehead atoms. The van der Waals surface area contributed by atoms with E-state index in [9.17, 15) is 0 Å². The lowest BCUT2D eigenvalue weighted by Crippen LogP contribution is -2.15. The molecule has 2 rings (SSSR count). The Bertz CT molecular complexity index is 113. The van der Waals surface area contributed by atoms with Crippen molar-refractivity contribution >= 4 is 0 Å². The van der Waals surface area contributed by atoms with Crippen LogP contribution in [-0.4, -0.2) is 25.9 Å². The monoisotopic (exact) mass is 128 g/mol. The molecule has 2 fully saturated rings. The third kappa shape index (κ3) is 0.775. The topological polar surface area (TPSA) is 18.5 Å². The molecule has 2 aliphatic rings. The summed E-state index contributed by atoms with van der Waals surface area (Å²) < 4.78 is 10.7. The Morgan fingerprint density at radius 1 is 1.22 bits per heavy atom. The van der Waals surface area contributed by atoms with Gasteiger partial charge in [-0.1, -0.05) is 0 Å². The molecule has 0 N–H and O–H groups in total. The van der Waals surface area contributed by atoms with Crippen molar-refractivity contribution in [2.75, 3.05) is 19.8 Å². The number of rotatable bonds is 0. The van der Waals surface area contributed by atoms with E-state index >= 15 is 0 Å². The van der Waals surface area contributed by atoms with Crippen molar-refractivity contribution in [3.63, 3.8) is 0 Å². The quantitative estimate of drug-likeness (QED) is 0.477. The van der Waals surface area contributed by atoms with Crippen LogP contribution >= 0.6 is 0 Å². The highest BCUT2D eigenvalue weighted by Crippen LogP contribution is 2.31. The molecule has 0 saturated carbocycles. The van der Waals surface area contributed by atoms with Gasteiger partial charge in [-0.15, -0.1) is 0 Å². The Morgan fingerprint density at radius 2 is 2.11 bits per heavy atom.